The lowest BCUT2D eigenvalue weighted by Gasteiger charge is -2.20. The predicted molar refractivity (Wildman–Crippen MR) is 68.9 cm³/mol. The molecule has 0 unspecified atom stereocenters. The first-order valence-corrected chi connectivity index (χ1v) is 6.84. The van der Waals surface area contributed by atoms with Crippen molar-refractivity contribution in [2.24, 2.45) is 0 Å². The third-order valence-electron chi connectivity index (χ3n) is 3.15. The van der Waals surface area contributed by atoms with Crippen LogP contribution in [0.2, 0.25) is 0 Å². The number of halogens is 3. The Morgan fingerprint density at radius 2 is 1.80 bits per heavy atom. The second-order valence-corrected chi connectivity index (χ2v) is 5.64. The van der Waals surface area contributed by atoms with Crippen LogP contribution in [0.3, 0.4) is 0 Å². The Labute approximate surface area is 117 Å². The minimum atomic E-state index is -1.20. The van der Waals surface area contributed by atoms with Gasteiger partial charge in [0.05, 0.1) is 18.1 Å². The molecule has 1 fully saturated rings. The molecule has 0 spiro atoms. The SMILES string of the molecule is CC1(c2ccc(-c3cc(F)cc(F)c3F)s2)OCCO1. The van der Waals surface area contributed by atoms with E-state index in [0.29, 0.717) is 24.2 Å². The van der Waals surface area contributed by atoms with Crippen LogP contribution in [-0.2, 0) is 15.3 Å². The number of benzene rings is 1. The van der Waals surface area contributed by atoms with E-state index in [0.717, 1.165) is 10.9 Å². The van der Waals surface area contributed by atoms with Crippen LogP contribution in [0.15, 0.2) is 24.3 Å². The van der Waals surface area contributed by atoms with Gasteiger partial charge in [-0.25, -0.2) is 13.2 Å². The molecular weight excluding hydrogens is 289 g/mol. The molecule has 0 amide bonds. The highest BCUT2D eigenvalue weighted by Crippen LogP contribution is 2.39. The topological polar surface area (TPSA) is 18.5 Å². The van der Waals surface area contributed by atoms with Crippen LogP contribution in [-0.4, -0.2) is 13.2 Å². The number of hydrogen-bond donors (Lipinski definition) is 0. The molecule has 0 atom stereocenters. The highest BCUT2D eigenvalue weighted by Gasteiger charge is 2.34. The maximum absolute atomic E-state index is 13.8. The van der Waals surface area contributed by atoms with Gasteiger partial charge in [-0.2, -0.15) is 0 Å². The number of thiophene rings is 1. The molecule has 2 aromatic rings. The molecule has 20 heavy (non-hydrogen) atoms. The fraction of sp³-hybridized carbons (Fsp3) is 0.286. The van der Waals surface area contributed by atoms with Gasteiger partial charge in [0.2, 0.25) is 5.79 Å². The Bertz CT molecular complexity index is 648. The van der Waals surface area contributed by atoms with Crippen LogP contribution in [0.4, 0.5) is 13.2 Å². The monoisotopic (exact) mass is 300 g/mol. The maximum Gasteiger partial charge on any atom is 0.201 e. The van der Waals surface area contributed by atoms with Crippen LogP contribution in [0.25, 0.3) is 10.4 Å². The first kappa shape index (κ1) is 13.6. The first-order valence-electron chi connectivity index (χ1n) is 6.03. The van der Waals surface area contributed by atoms with Crippen LogP contribution in [0.1, 0.15) is 11.8 Å². The van der Waals surface area contributed by atoms with E-state index in [1.54, 1.807) is 19.1 Å². The lowest BCUT2D eigenvalue weighted by Crippen LogP contribution is -2.20. The number of hydrogen-bond acceptors (Lipinski definition) is 3. The number of ether oxygens (including phenoxy) is 2. The molecule has 1 aliphatic rings. The van der Waals surface area contributed by atoms with Crippen molar-refractivity contribution >= 4 is 11.3 Å². The van der Waals surface area contributed by atoms with Crippen LogP contribution in [0.5, 0.6) is 0 Å². The van der Waals surface area contributed by atoms with E-state index in [9.17, 15) is 13.2 Å². The number of rotatable bonds is 2. The van der Waals surface area contributed by atoms with Crippen molar-refractivity contribution < 1.29 is 22.6 Å². The highest BCUT2D eigenvalue weighted by molar-refractivity contribution is 7.15. The van der Waals surface area contributed by atoms with Gasteiger partial charge >= 0.3 is 0 Å². The zero-order valence-electron chi connectivity index (χ0n) is 10.6. The van der Waals surface area contributed by atoms with E-state index in [-0.39, 0.29) is 5.56 Å². The Hall–Kier alpha value is -1.37. The summed E-state index contributed by atoms with van der Waals surface area (Å²) < 4.78 is 51.2. The Morgan fingerprint density at radius 3 is 2.50 bits per heavy atom. The molecule has 106 valence electrons. The molecule has 3 rings (SSSR count). The second-order valence-electron chi connectivity index (χ2n) is 4.56. The normalized spacial score (nSPS) is 17.6. The Balaban J connectivity index is 2.02. The standard InChI is InChI=1S/C14H11F3O2S/c1-14(18-4-5-19-14)12-3-2-11(20-12)9-6-8(15)7-10(16)13(9)17/h2-3,6-7H,4-5H2,1H3. The smallest absolute Gasteiger partial charge is 0.201 e. The quantitative estimate of drug-likeness (QED) is 0.779. The maximum atomic E-state index is 13.8. The summed E-state index contributed by atoms with van der Waals surface area (Å²) in [6.07, 6.45) is 0. The Morgan fingerprint density at radius 1 is 1.10 bits per heavy atom. The van der Waals surface area contributed by atoms with Crippen molar-refractivity contribution in [1.29, 1.82) is 0 Å². The third kappa shape index (κ3) is 2.24. The fourth-order valence-electron chi connectivity index (χ4n) is 2.12. The van der Waals surface area contributed by atoms with E-state index in [1.165, 1.54) is 11.3 Å². The molecule has 1 saturated heterocycles. The van der Waals surface area contributed by atoms with E-state index in [4.69, 9.17) is 9.47 Å². The highest BCUT2D eigenvalue weighted by atomic mass is 32.1. The van der Waals surface area contributed by atoms with Gasteiger partial charge in [0.1, 0.15) is 5.82 Å². The lowest BCUT2D eigenvalue weighted by atomic mass is 10.1. The van der Waals surface area contributed by atoms with Crippen molar-refractivity contribution in [3.63, 3.8) is 0 Å². The molecule has 0 radical (unpaired) electrons. The average Bonchev–Trinajstić information content (AvgIpc) is 3.03. The van der Waals surface area contributed by atoms with E-state index >= 15 is 0 Å². The van der Waals surface area contributed by atoms with Gasteiger partial charge in [-0.05, 0) is 25.1 Å². The van der Waals surface area contributed by atoms with Crippen molar-refractivity contribution in [2.75, 3.05) is 13.2 Å². The summed E-state index contributed by atoms with van der Waals surface area (Å²) >= 11 is 1.19. The third-order valence-corrected chi connectivity index (χ3v) is 4.45. The van der Waals surface area contributed by atoms with E-state index < -0.39 is 23.2 Å². The second kappa shape index (κ2) is 4.87. The summed E-state index contributed by atoms with van der Waals surface area (Å²) in [5.41, 5.74) is -0.0969. The lowest BCUT2D eigenvalue weighted by molar-refractivity contribution is -0.146. The van der Waals surface area contributed by atoms with Crippen LogP contribution >= 0.6 is 11.3 Å². The first-order chi connectivity index (χ1) is 9.49. The van der Waals surface area contributed by atoms with Gasteiger partial charge in [-0.3, -0.25) is 0 Å². The summed E-state index contributed by atoms with van der Waals surface area (Å²) in [6, 6.07) is 4.83. The van der Waals surface area contributed by atoms with Gasteiger partial charge in [0.15, 0.2) is 11.6 Å². The minimum Gasteiger partial charge on any atom is -0.343 e. The summed E-state index contributed by atoms with van der Waals surface area (Å²) in [5, 5.41) is 0. The molecule has 1 aliphatic heterocycles. The minimum absolute atomic E-state index is 0.0969. The van der Waals surface area contributed by atoms with Gasteiger partial charge in [0.25, 0.3) is 0 Å². The molecule has 0 saturated carbocycles. The van der Waals surface area contributed by atoms with Crippen LogP contribution < -0.4 is 0 Å². The molecule has 6 heteroatoms. The van der Waals surface area contributed by atoms with E-state index in [2.05, 4.69) is 0 Å². The molecule has 2 nitrogen and oxygen atoms in total. The van der Waals surface area contributed by atoms with Crippen LogP contribution in [0, 0.1) is 17.5 Å². The predicted octanol–water partition coefficient (Wildman–Crippen LogP) is 4.05. The van der Waals surface area contributed by atoms with Gasteiger partial charge < -0.3 is 9.47 Å². The zero-order valence-corrected chi connectivity index (χ0v) is 11.4. The van der Waals surface area contributed by atoms with Crippen molar-refractivity contribution in [2.45, 2.75) is 12.7 Å². The largest absolute Gasteiger partial charge is 0.343 e. The van der Waals surface area contributed by atoms with Crippen molar-refractivity contribution in [1.82, 2.24) is 0 Å². The summed E-state index contributed by atoms with van der Waals surface area (Å²) in [4.78, 5) is 1.16. The molecular formula is C14H11F3O2S. The fourth-order valence-corrected chi connectivity index (χ4v) is 3.19. The summed E-state index contributed by atoms with van der Waals surface area (Å²) in [7, 11) is 0. The Kier molecular flexibility index (Phi) is 3.32. The van der Waals surface area contributed by atoms with Gasteiger partial charge in [-0.15, -0.1) is 11.3 Å². The summed E-state index contributed by atoms with van der Waals surface area (Å²) in [5.74, 6) is -3.94. The molecule has 2 heterocycles. The molecule has 0 N–H and O–H groups in total. The van der Waals surface area contributed by atoms with E-state index in [1.807, 2.05) is 0 Å². The average molecular weight is 300 g/mol. The van der Waals surface area contributed by atoms with Gasteiger partial charge in [-0.1, -0.05) is 0 Å². The molecule has 1 aromatic carbocycles. The molecule has 0 bridgehead atoms. The zero-order chi connectivity index (χ0) is 14.3. The van der Waals surface area contributed by atoms with Crippen molar-refractivity contribution in [3.8, 4) is 10.4 Å². The van der Waals surface area contributed by atoms with Crippen molar-refractivity contribution in [3.05, 3.63) is 46.6 Å². The van der Waals surface area contributed by atoms with Gasteiger partial charge in [0, 0.05) is 16.5 Å². The molecule has 0 aliphatic carbocycles. The molecule has 1 aromatic heterocycles. The summed E-state index contributed by atoms with van der Waals surface area (Å²) in [6.45, 7) is 2.72.